The van der Waals surface area contributed by atoms with E-state index in [4.69, 9.17) is 5.11 Å². The fourth-order valence-corrected chi connectivity index (χ4v) is 0.463. The van der Waals surface area contributed by atoms with Crippen molar-refractivity contribution in [1.82, 2.24) is 0 Å². The number of hydrogen-bond acceptors (Lipinski definition) is 4. The van der Waals surface area contributed by atoms with Crippen LogP contribution >= 0.6 is 0 Å². The van der Waals surface area contributed by atoms with Crippen LogP contribution in [0.3, 0.4) is 0 Å². The Morgan fingerprint density at radius 3 is 2.22 bits per heavy atom. The fourth-order valence-electron chi connectivity index (χ4n) is 0.463. The van der Waals surface area contributed by atoms with E-state index in [0.717, 1.165) is 0 Å². The van der Waals surface area contributed by atoms with Crippen LogP contribution in [-0.2, 0) is 14.3 Å². The minimum absolute atomic E-state index is 0. The predicted octanol–water partition coefficient (Wildman–Crippen LogP) is -1.83. The van der Waals surface area contributed by atoms with Crippen LogP contribution in [0.15, 0.2) is 0 Å². The normalized spacial score (nSPS) is 25.2. The number of ether oxygens (including phenoxy) is 1. The molecule has 4 nitrogen and oxygen atoms in total. The summed E-state index contributed by atoms with van der Waals surface area (Å²) in [4.78, 5) is 20.2. The van der Waals surface area contributed by atoms with Gasteiger partial charge in [0, 0.05) is 0 Å². The zero-order chi connectivity index (χ0) is 6.15. The van der Waals surface area contributed by atoms with Gasteiger partial charge in [0.25, 0.3) is 0 Å². The Morgan fingerprint density at radius 1 is 1.56 bits per heavy atom. The molecule has 1 N–H and O–H groups in total. The number of rotatable bonds is 0. The molecule has 1 fully saturated rings. The monoisotopic (exact) mass is 140 g/mol. The van der Waals surface area contributed by atoms with Crippen molar-refractivity contribution in [3.63, 3.8) is 0 Å². The van der Waals surface area contributed by atoms with Crippen molar-refractivity contribution >= 4 is 41.5 Å². The first kappa shape index (κ1) is 9.10. The molecule has 0 aliphatic carbocycles. The molecule has 1 aliphatic heterocycles. The third-order valence-corrected chi connectivity index (χ3v) is 0.847. The Morgan fingerprint density at radius 2 is 2.11 bits per heavy atom. The van der Waals surface area contributed by atoms with Crippen molar-refractivity contribution in [3.05, 3.63) is 0 Å². The molecule has 1 unspecified atom stereocenters. The van der Waals surface area contributed by atoms with Gasteiger partial charge in [-0.05, 0) is 0 Å². The van der Waals surface area contributed by atoms with Crippen LogP contribution < -0.4 is 0 Å². The van der Waals surface area contributed by atoms with E-state index in [1.54, 1.807) is 0 Å². The molecule has 0 aromatic heterocycles. The van der Waals surface area contributed by atoms with Crippen LogP contribution in [0.25, 0.3) is 0 Å². The van der Waals surface area contributed by atoms with Gasteiger partial charge in [-0.1, -0.05) is 0 Å². The van der Waals surface area contributed by atoms with Gasteiger partial charge in [0.2, 0.25) is 0 Å². The van der Waals surface area contributed by atoms with E-state index in [2.05, 4.69) is 4.74 Å². The number of hydrogen-bond donors (Lipinski definition) is 1. The summed E-state index contributed by atoms with van der Waals surface area (Å²) in [6.07, 6.45) is -1.42. The van der Waals surface area contributed by atoms with E-state index in [-0.39, 0.29) is 36.0 Å². The molecule has 9 heavy (non-hydrogen) atoms. The average Bonchev–Trinajstić information content (AvgIpc) is 1.85. The number of cyclic esters (lactones) is 2. The number of carbonyl (C=O) groups is 2. The second-order valence-corrected chi connectivity index (χ2v) is 1.51. The molecule has 1 rings (SSSR count). The van der Waals surface area contributed by atoms with Crippen LogP contribution in [0, 0.1) is 0 Å². The number of esters is 2. The molecule has 5 heteroatoms. The summed E-state index contributed by atoms with van der Waals surface area (Å²) in [5, 5.41) is 8.47. The van der Waals surface area contributed by atoms with E-state index in [9.17, 15) is 9.59 Å². The van der Waals surface area contributed by atoms with E-state index in [1.165, 1.54) is 0 Å². The van der Waals surface area contributed by atoms with E-state index in [0.29, 0.717) is 0 Å². The molecule has 0 saturated carbocycles. The van der Waals surface area contributed by atoms with Crippen molar-refractivity contribution in [1.29, 1.82) is 0 Å². The summed E-state index contributed by atoms with van der Waals surface area (Å²) in [6, 6.07) is 0. The first-order valence-electron chi connectivity index (χ1n) is 2.13. The third kappa shape index (κ3) is 2.06. The summed E-state index contributed by atoms with van der Waals surface area (Å²) < 4.78 is 3.95. The van der Waals surface area contributed by atoms with Crippen LogP contribution in [0.5, 0.6) is 0 Å². The standard InChI is InChI=1S/C4H4O4.Na.H/c5-2-1-3(6)8-4(2)7;;/h2,5H,1H2;;. The molecule has 1 heterocycles. The van der Waals surface area contributed by atoms with Crippen LogP contribution in [0.2, 0.25) is 0 Å². The zero-order valence-corrected chi connectivity index (χ0v) is 3.96. The van der Waals surface area contributed by atoms with Crippen LogP contribution in [0.1, 0.15) is 6.42 Å². The topological polar surface area (TPSA) is 63.6 Å². The fraction of sp³-hybridized carbons (Fsp3) is 0.500. The number of aliphatic hydroxyl groups excluding tert-OH is 1. The molecule has 1 saturated heterocycles. The Labute approximate surface area is 73.5 Å². The molecule has 1 aliphatic rings. The molecule has 0 amide bonds. The SMILES string of the molecule is O=C1CC(O)C(=O)O1.[NaH]. The second kappa shape index (κ2) is 3.31. The van der Waals surface area contributed by atoms with Crippen molar-refractivity contribution in [2.75, 3.05) is 0 Å². The molecule has 1 atom stereocenters. The summed E-state index contributed by atoms with van der Waals surface area (Å²) in [5.74, 6) is -1.49. The molecular formula is C4H5NaO4. The molecule has 46 valence electrons. The van der Waals surface area contributed by atoms with Crippen molar-refractivity contribution in [3.8, 4) is 0 Å². The second-order valence-electron chi connectivity index (χ2n) is 1.51. The minimum atomic E-state index is -1.22. The van der Waals surface area contributed by atoms with Crippen molar-refractivity contribution in [2.24, 2.45) is 0 Å². The van der Waals surface area contributed by atoms with Crippen molar-refractivity contribution in [2.45, 2.75) is 12.5 Å². The van der Waals surface area contributed by atoms with Gasteiger partial charge in [-0.3, -0.25) is 4.79 Å². The molecule has 0 aromatic carbocycles. The predicted molar refractivity (Wildman–Crippen MR) is 28.9 cm³/mol. The van der Waals surface area contributed by atoms with E-state index < -0.39 is 18.0 Å². The number of aliphatic hydroxyl groups is 1. The summed E-state index contributed by atoms with van der Waals surface area (Å²) in [5.41, 5.74) is 0. The van der Waals surface area contributed by atoms with Gasteiger partial charge < -0.3 is 9.84 Å². The van der Waals surface area contributed by atoms with Crippen molar-refractivity contribution < 1.29 is 19.4 Å². The first-order chi connectivity index (χ1) is 3.70. The van der Waals surface area contributed by atoms with Gasteiger partial charge in [0.05, 0.1) is 6.42 Å². The van der Waals surface area contributed by atoms with Gasteiger partial charge in [0.1, 0.15) is 0 Å². The van der Waals surface area contributed by atoms with Crippen LogP contribution in [-0.4, -0.2) is 52.7 Å². The Kier molecular flexibility index (Phi) is 3.35. The molecular weight excluding hydrogens is 135 g/mol. The Bertz CT molecular complexity index is 144. The molecule has 0 radical (unpaired) electrons. The van der Waals surface area contributed by atoms with E-state index in [1.807, 2.05) is 0 Å². The summed E-state index contributed by atoms with van der Waals surface area (Å²) >= 11 is 0. The van der Waals surface area contributed by atoms with Gasteiger partial charge in [-0.25, -0.2) is 4.79 Å². The van der Waals surface area contributed by atoms with Gasteiger partial charge >= 0.3 is 41.5 Å². The molecule has 0 bridgehead atoms. The van der Waals surface area contributed by atoms with Gasteiger partial charge in [0.15, 0.2) is 6.10 Å². The average molecular weight is 140 g/mol. The first-order valence-corrected chi connectivity index (χ1v) is 2.13. The maximum atomic E-state index is 10.1. The van der Waals surface area contributed by atoms with Crippen LogP contribution in [0.4, 0.5) is 0 Å². The summed E-state index contributed by atoms with van der Waals surface area (Å²) in [6.45, 7) is 0. The molecule has 0 aromatic rings. The summed E-state index contributed by atoms with van der Waals surface area (Å²) in [7, 11) is 0. The Hall–Kier alpha value is 0.100. The van der Waals surface area contributed by atoms with E-state index >= 15 is 0 Å². The Balaban J connectivity index is 0.000000640. The third-order valence-electron chi connectivity index (χ3n) is 0.847. The molecule has 0 spiro atoms. The number of carbonyl (C=O) groups excluding carboxylic acids is 2. The van der Waals surface area contributed by atoms with Gasteiger partial charge in [-0.15, -0.1) is 0 Å². The quantitative estimate of drug-likeness (QED) is 0.244. The van der Waals surface area contributed by atoms with Gasteiger partial charge in [-0.2, -0.15) is 0 Å². The maximum absolute atomic E-state index is 10.1. The zero-order valence-electron chi connectivity index (χ0n) is 3.96.